The van der Waals surface area contributed by atoms with Crippen molar-refractivity contribution in [3.8, 4) is 67.5 Å². The van der Waals surface area contributed by atoms with Gasteiger partial charge in [-0.05, 0) is 94.5 Å². The van der Waals surface area contributed by atoms with Crippen LogP contribution in [-0.2, 0) is 0 Å². The number of fused-ring (bicyclic) bond motifs is 6. The van der Waals surface area contributed by atoms with Crippen LogP contribution >= 0.6 is 0 Å². The Morgan fingerprint density at radius 3 is 1.33 bits per heavy atom. The quantitative estimate of drug-likeness (QED) is 0.150. The summed E-state index contributed by atoms with van der Waals surface area (Å²) in [7, 11) is 0. The fourth-order valence-corrected chi connectivity index (χ4v) is 9.72. The van der Waals surface area contributed by atoms with Gasteiger partial charge in [0, 0.05) is 38.4 Å². The van der Waals surface area contributed by atoms with Crippen molar-refractivity contribution in [1.29, 1.82) is 0 Å². The van der Waals surface area contributed by atoms with E-state index in [2.05, 4.69) is 132 Å². The second-order valence-corrected chi connectivity index (χ2v) is 17.0. The van der Waals surface area contributed by atoms with Crippen LogP contribution in [-0.4, -0.2) is 19.1 Å². The summed E-state index contributed by atoms with van der Waals surface area (Å²) in [6.45, 7) is 32.0. The van der Waals surface area contributed by atoms with E-state index in [1.165, 1.54) is 10.8 Å². The molecule has 0 aliphatic heterocycles. The molecule has 0 bridgehead atoms. The van der Waals surface area contributed by atoms with Crippen molar-refractivity contribution in [3.05, 3.63) is 252 Å². The van der Waals surface area contributed by atoms with E-state index in [-0.39, 0.29) is 0 Å². The predicted octanol–water partition coefficient (Wildman–Crippen LogP) is 17.2. The standard InChI is InChI=1S/C62H34N8/c1-63-46-15-11-13-43(33-46)54-38-53(67-62(68-54)44-14-12-16-47(34-44)64-2)42-29-27-40(28-30-42)39-23-25-41(26-24-39)45-35-55(65-3)61(56(36-45)66-4)70-59-22-10-7-19-51(59)52-37-48(31-32-60(52)70)69-57-20-8-5-17-49(57)50-18-6-9-21-58(50)69/h5-38H. The van der Waals surface area contributed by atoms with Crippen LogP contribution in [0.4, 0.5) is 22.7 Å². The SMILES string of the molecule is [C-]#[N+]c1cccc(-c2cc(-c3ccc(-c4ccc(-c5cc([N+]#[C-])c(-n6c7ccccc7c7cc(-n8c9ccccc9c9ccccc98)ccc76)c([N+]#[C-])c5)cc4)cc3)nc(-c3cccc([N+]#[C-])c3)n2)c1. The lowest BCUT2D eigenvalue weighted by molar-refractivity contribution is 1.17. The van der Waals surface area contributed by atoms with Crippen molar-refractivity contribution in [3.63, 3.8) is 0 Å². The van der Waals surface area contributed by atoms with Crippen LogP contribution < -0.4 is 0 Å². The molecule has 12 rings (SSSR count). The van der Waals surface area contributed by atoms with Crippen molar-refractivity contribution >= 4 is 66.4 Å². The predicted molar refractivity (Wildman–Crippen MR) is 283 cm³/mol. The molecule has 322 valence electrons. The number of para-hydroxylation sites is 3. The third kappa shape index (κ3) is 6.90. The zero-order valence-corrected chi connectivity index (χ0v) is 37.2. The fraction of sp³-hybridized carbons (Fsp3) is 0. The van der Waals surface area contributed by atoms with Crippen LogP contribution in [0.1, 0.15) is 0 Å². The molecule has 0 spiro atoms. The van der Waals surface area contributed by atoms with E-state index >= 15 is 0 Å². The van der Waals surface area contributed by atoms with Gasteiger partial charge in [0.1, 0.15) is 0 Å². The summed E-state index contributed by atoms with van der Waals surface area (Å²) >= 11 is 0. The van der Waals surface area contributed by atoms with Crippen LogP contribution in [0.3, 0.4) is 0 Å². The van der Waals surface area contributed by atoms with E-state index in [4.69, 9.17) is 36.3 Å². The first-order valence-electron chi connectivity index (χ1n) is 22.5. The van der Waals surface area contributed by atoms with Gasteiger partial charge in [0.15, 0.2) is 17.2 Å². The Bertz CT molecular complexity index is 4120. The van der Waals surface area contributed by atoms with Crippen LogP contribution in [0.2, 0.25) is 0 Å². The molecular formula is C62H34N8. The summed E-state index contributed by atoms with van der Waals surface area (Å²) in [6.07, 6.45) is 0. The molecule has 0 aliphatic rings. The lowest BCUT2D eigenvalue weighted by Gasteiger charge is -2.15. The third-order valence-electron chi connectivity index (χ3n) is 13.0. The minimum atomic E-state index is 0.395. The highest BCUT2D eigenvalue weighted by Gasteiger charge is 2.21. The van der Waals surface area contributed by atoms with E-state index in [1.54, 1.807) is 18.2 Å². The topological polar surface area (TPSA) is 53.1 Å². The number of hydrogen-bond donors (Lipinski definition) is 0. The van der Waals surface area contributed by atoms with Gasteiger partial charge in [-0.3, -0.25) is 0 Å². The molecule has 0 atom stereocenters. The van der Waals surface area contributed by atoms with E-state index in [9.17, 15) is 0 Å². The first-order valence-corrected chi connectivity index (χ1v) is 22.5. The Morgan fingerprint density at radius 2 is 0.771 bits per heavy atom. The Morgan fingerprint density at radius 1 is 0.314 bits per heavy atom. The molecule has 8 nitrogen and oxygen atoms in total. The van der Waals surface area contributed by atoms with Gasteiger partial charge in [-0.2, -0.15) is 0 Å². The molecule has 0 radical (unpaired) electrons. The Kier molecular flexibility index (Phi) is 9.86. The first-order chi connectivity index (χ1) is 34.5. The summed E-state index contributed by atoms with van der Waals surface area (Å²) in [4.78, 5) is 25.2. The Hall–Kier alpha value is -10.4. The van der Waals surface area contributed by atoms with E-state index < -0.39 is 0 Å². The molecule has 12 aromatic rings. The highest BCUT2D eigenvalue weighted by Crippen LogP contribution is 2.44. The first kappa shape index (κ1) is 41.1. The average molecular weight is 891 g/mol. The molecule has 0 saturated carbocycles. The summed E-state index contributed by atoms with van der Waals surface area (Å²) < 4.78 is 4.40. The Balaban J connectivity index is 0.887. The summed E-state index contributed by atoms with van der Waals surface area (Å²) in [5, 5.41) is 4.46. The molecule has 0 amide bonds. The zero-order valence-electron chi connectivity index (χ0n) is 37.2. The molecule has 70 heavy (non-hydrogen) atoms. The van der Waals surface area contributed by atoms with Crippen LogP contribution in [0.5, 0.6) is 0 Å². The summed E-state index contributed by atoms with van der Waals surface area (Å²) in [6, 6.07) is 68.4. The molecule has 0 fully saturated rings. The largest absolute Gasteiger partial charge is 0.329 e. The molecule has 0 unspecified atom stereocenters. The number of nitrogens with zero attached hydrogens (tertiary/aromatic N) is 8. The fourth-order valence-electron chi connectivity index (χ4n) is 9.72. The lowest BCUT2D eigenvalue weighted by atomic mass is 9.98. The van der Waals surface area contributed by atoms with Gasteiger partial charge in [0.05, 0.1) is 65.4 Å². The van der Waals surface area contributed by atoms with Crippen molar-refractivity contribution in [2.75, 3.05) is 0 Å². The second kappa shape index (κ2) is 16.8. The highest BCUT2D eigenvalue weighted by molar-refractivity contribution is 6.13. The lowest BCUT2D eigenvalue weighted by Crippen LogP contribution is -1.97. The molecule has 0 N–H and O–H groups in total. The molecule has 8 heteroatoms. The van der Waals surface area contributed by atoms with Crippen molar-refractivity contribution in [2.45, 2.75) is 0 Å². The van der Waals surface area contributed by atoms with Crippen molar-refractivity contribution in [2.24, 2.45) is 0 Å². The van der Waals surface area contributed by atoms with E-state index in [0.717, 1.165) is 77.5 Å². The monoisotopic (exact) mass is 890 g/mol. The maximum atomic E-state index is 8.46. The number of rotatable bonds is 7. The summed E-state index contributed by atoms with van der Waals surface area (Å²) in [5.74, 6) is 0.488. The zero-order chi connectivity index (χ0) is 47.3. The van der Waals surface area contributed by atoms with Gasteiger partial charge < -0.3 is 9.13 Å². The van der Waals surface area contributed by atoms with Gasteiger partial charge in [-0.25, -0.2) is 29.3 Å². The summed E-state index contributed by atoms with van der Waals surface area (Å²) in [5.41, 5.74) is 15.0. The Labute approximate surface area is 403 Å². The molecule has 3 aromatic heterocycles. The minimum Gasteiger partial charge on any atom is -0.329 e. The van der Waals surface area contributed by atoms with Gasteiger partial charge in [-0.1, -0.05) is 140 Å². The van der Waals surface area contributed by atoms with Crippen LogP contribution in [0.25, 0.3) is 131 Å². The number of aromatic nitrogens is 4. The molecule has 0 aliphatic carbocycles. The maximum absolute atomic E-state index is 8.46. The van der Waals surface area contributed by atoms with Crippen molar-refractivity contribution < 1.29 is 0 Å². The second-order valence-electron chi connectivity index (χ2n) is 17.0. The van der Waals surface area contributed by atoms with Gasteiger partial charge >= 0.3 is 0 Å². The van der Waals surface area contributed by atoms with Crippen LogP contribution in [0, 0.1) is 26.3 Å². The molecule has 0 saturated heterocycles. The van der Waals surface area contributed by atoms with E-state index in [1.807, 2.05) is 84.9 Å². The molecule has 3 heterocycles. The smallest absolute Gasteiger partial charge is 0.200 e. The highest BCUT2D eigenvalue weighted by atomic mass is 15.0. The molecular weight excluding hydrogens is 857 g/mol. The van der Waals surface area contributed by atoms with E-state index in [0.29, 0.717) is 45.6 Å². The molecule has 9 aromatic carbocycles. The maximum Gasteiger partial charge on any atom is 0.200 e. The number of benzene rings is 9. The van der Waals surface area contributed by atoms with Gasteiger partial charge in [-0.15, -0.1) is 0 Å². The third-order valence-corrected chi connectivity index (χ3v) is 13.0. The van der Waals surface area contributed by atoms with Gasteiger partial charge in [0.25, 0.3) is 0 Å². The normalized spacial score (nSPS) is 11.1. The van der Waals surface area contributed by atoms with Crippen LogP contribution in [0.15, 0.2) is 206 Å². The average Bonchev–Trinajstić information content (AvgIpc) is 3.95. The number of hydrogen-bond acceptors (Lipinski definition) is 2. The minimum absolute atomic E-state index is 0.395. The van der Waals surface area contributed by atoms with Gasteiger partial charge in [0.2, 0.25) is 11.4 Å². The van der Waals surface area contributed by atoms with Crippen molar-refractivity contribution in [1.82, 2.24) is 19.1 Å².